The largest absolute Gasteiger partial charge is 0.496 e. The van der Waals surface area contributed by atoms with Gasteiger partial charge in [-0.05, 0) is 74.9 Å². The number of furan rings is 1. The van der Waals surface area contributed by atoms with Crippen molar-refractivity contribution in [3.8, 4) is 23.0 Å². The predicted molar refractivity (Wildman–Crippen MR) is 156 cm³/mol. The summed E-state index contributed by atoms with van der Waals surface area (Å²) in [5.41, 5.74) is 5.74. The summed E-state index contributed by atoms with van der Waals surface area (Å²) in [5.74, 6) is 1.38. The molecule has 0 aliphatic heterocycles. The summed E-state index contributed by atoms with van der Waals surface area (Å²) in [4.78, 5) is 18.4. The van der Waals surface area contributed by atoms with Crippen molar-refractivity contribution in [2.24, 2.45) is 5.10 Å². The Labute approximate surface area is 229 Å². The smallest absolute Gasteiger partial charge is 0.282 e. The number of aryl methyl sites for hydroxylation is 1. The zero-order valence-electron chi connectivity index (χ0n) is 21.9. The van der Waals surface area contributed by atoms with Crippen molar-refractivity contribution < 1.29 is 9.15 Å². The lowest BCUT2D eigenvalue weighted by molar-refractivity contribution is 0.419. The second kappa shape index (κ2) is 9.60. The van der Waals surface area contributed by atoms with E-state index in [1.54, 1.807) is 25.5 Å². The lowest BCUT2D eigenvalue weighted by atomic mass is 10.2. The molecule has 0 atom stereocenters. The molecule has 6 aromatic rings. The van der Waals surface area contributed by atoms with Crippen LogP contribution in [0.15, 0.2) is 87.1 Å². The minimum atomic E-state index is -0.293. The third-order valence-electron chi connectivity index (χ3n) is 6.98. The number of rotatable bonds is 5. The number of fused-ring (bicyclic) bond motifs is 2. The van der Waals surface area contributed by atoms with Gasteiger partial charge >= 0.3 is 0 Å². The highest BCUT2D eigenvalue weighted by Gasteiger charge is 2.18. The van der Waals surface area contributed by atoms with E-state index in [9.17, 15) is 4.79 Å². The van der Waals surface area contributed by atoms with Gasteiger partial charge in [0.25, 0.3) is 5.56 Å². The molecule has 3 heterocycles. The van der Waals surface area contributed by atoms with Gasteiger partial charge in [-0.25, -0.2) is 4.98 Å². The molecule has 0 bridgehead atoms. The molecule has 0 unspecified atom stereocenters. The Kier molecular flexibility index (Phi) is 6.08. The van der Waals surface area contributed by atoms with Crippen LogP contribution in [0.1, 0.15) is 22.5 Å². The molecule has 0 saturated carbocycles. The van der Waals surface area contributed by atoms with Gasteiger partial charge in [-0.3, -0.25) is 4.79 Å². The van der Waals surface area contributed by atoms with E-state index in [1.165, 1.54) is 4.68 Å². The molecule has 7 nitrogen and oxygen atoms in total. The fourth-order valence-corrected chi connectivity index (χ4v) is 5.13. The van der Waals surface area contributed by atoms with Crippen LogP contribution in [0.5, 0.6) is 5.75 Å². The van der Waals surface area contributed by atoms with Crippen molar-refractivity contribution in [3.63, 3.8) is 0 Å². The SMILES string of the molecule is COc1cccc2oc(-c3nc4ccccc4c(=O)n3N=Cc3cc(C)n(-c4cccc(Cl)c4C)c3C)cc12. The van der Waals surface area contributed by atoms with Crippen molar-refractivity contribution in [1.29, 1.82) is 0 Å². The number of halogens is 1. The molecule has 0 spiro atoms. The van der Waals surface area contributed by atoms with Gasteiger partial charge < -0.3 is 13.7 Å². The lowest BCUT2D eigenvalue weighted by Gasteiger charge is -2.13. The van der Waals surface area contributed by atoms with Crippen molar-refractivity contribution >= 4 is 39.7 Å². The average molecular weight is 537 g/mol. The number of benzene rings is 3. The highest BCUT2D eigenvalue weighted by atomic mass is 35.5. The first kappa shape index (κ1) is 24.7. The maximum absolute atomic E-state index is 13.7. The van der Waals surface area contributed by atoms with Crippen LogP contribution in [0.2, 0.25) is 5.02 Å². The third kappa shape index (κ3) is 4.11. The number of nitrogens with zero attached hydrogens (tertiary/aromatic N) is 4. The number of ether oxygens (including phenoxy) is 1. The summed E-state index contributed by atoms with van der Waals surface area (Å²) in [6.45, 7) is 6.05. The van der Waals surface area contributed by atoms with Gasteiger partial charge in [0.05, 0.1) is 29.6 Å². The molecule has 0 aliphatic carbocycles. The highest BCUT2D eigenvalue weighted by Crippen LogP contribution is 2.33. The average Bonchev–Trinajstić information content (AvgIpc) is 3.50. The van der Waals surface area contributed by atoms with Gasteiger partial charge in [0.1, 0.15) is 11.3 Å². The maximum atomic E-state index is 13.7. The second-order valence-electron chi connectivity index (χ2n) is 9.34. The number of para-hydroxylation sites is 1. The summed E-state index contributed by atoms with van der Waals surface area (Å²) < 4.78 is 15.1. The van der Waals surface area contributed by atoms with E-state index in [0.717, 1.165) is 33.6 Å². The zero-order valence-corrected chi connectivity index (χ0v) is 22.7. The molecule has 8 heteroatoms. The minimum absolute atomic E-state index is 0.293. The van der Waals surface area contributed by atoms with E-state index < -0.39 is 0 Å². The number of hydrogen-bond donors (Lipinski definition) is 0. The minimum Gasteiger partial charge on any atom is -0.496 e. The van der Waals surface area contributed by atoms with Crippen LogP contribution in [0.4, 0.5) is 0 Å². The molecule has 3 aromatic carbocycles. The third-order valence-corrected chi connectivity index (χ3v) is 7.39. The summed E-state index contributed by atoms with van der Waals surface area (Å²) in [5, 5.41) is 6.61. The highest BCUT2D eigenvalue weighted by molar-refractivity contribution is 6.31. The van der Waals surface area contributed by atoms with E-state index >= 15 is 0 Å². The molecular weight excluding hydrogens is 512 g/mol. The molecule has 0 radical (unpaired) electrons. The first-order valence-corrected chi connectivity index (χ1v) is 12.8. The predicted octanol–water partition coefficient (Wildman–Crippen LogP) is 7.07. The molecule has 194 valence electrons. The van der Waals surface area contributed by atoms with Crippen LogP contribution in [-0.4, -0.2) is 27.6 Å². The second-order valence-corrected chi connectivity index (χ2v) is 9.75. The van der Waals surface area contributed by atoms with Gasteiger partial charge in [-0.2, -0.15) is 9.78 Å². The number of methoxy groups -OCH3 is 1. The van der Waals surface area contributed by atoms with Crippen molar-refractivity contribution in [1.82, 2.24) is 14.2 Å². The molecule has 3 aromatic heterocycles. The fourth-order valence-electron chi connectivity index (χ4n) is 4.96. The van der Waals surface area contributed by atoms with Crippen LogP contribution in [0, 0.1) is 20.8 Å². The molecule has 0 fully saturated rings. The summed E-state index contributed by atoms with van der Waals surface area (Å²) in [6.07, 6.45) is 1.68. The molecule has 0 N–H and O–H groups in total. The Hall–Kier alpha value is -4.62. The van der Waals surface area contributed by atoms with E-state index in [2.05, 4.69) is 9.67 Å². The summed E-state index contributed by atoms with van der Waals surface area (Å²) in [7, 11) is 1.61. The normalized spacial score (nSPS) is 11.7. The molecule has 0 amide bonds. The van der Waals surface area contributed by atoms with Gasteiger partial charge in [-0.1, -0.05) is 35.9 Å². The Morgan fingerprint density at radius 3 is 2.59 bits per heavy atom. The zero-order chi connectivity index (χ0) is 27.3. The summed E-state index contributed by atoms with van der Waals surface area (Å²) >= 11 is 6.40. The molecule has 39 heavy (non-hydrogen) atoms. The van der Waals surface area contributed by atoms with Gasteiger partial charge in [-0.15, -0.1) is 0 Å². The van der Waals surface area contributed by atoms with Crippen molar-refractivity contribution in [2.75, 3.05) is 7.11 Å². The first-order valence-electron chi connectivity index (χ1n) is 12.4. The monoisotopic (exact) mass is 536 g/mol. The van der Waals surface area contributed by atoms with Gasteiger partial charge in [0.2, 0.25) is 5.82 Å². The van der Waals surface area contributed by atoms with E-state index in [4.69, 9.17) is 25.7 Å². The standard InChI is InChI=1S/C31H25ClN4O3/c1-18-15-21(20(3)35(18)26-12-7-10-24(32)19(26)2)17-33-36-30(34-25-11-6-5-9-22(25)31(36)37)29-16-23-27(38-4)13-8-14-28(23)39-29/h5-17H,1-4H3. The molecule has 6 rings (SSSR count). The first-order chi connectivity index (χ1) is 18.9. The molecule has 0 aliphatic rings. The van der Waals surface area contributed by atoms with Crippen LogP contribution >= 0.6 is 11.6 Å². The van der Waals surface area contributed by atoms with E-state index in [1.807, 2.05) is 81.4 Å². The quantitative estimate of drug-likeness (QED) is 0.221. The Morgan fingerprint density at radius 1 is 0.974 bits per heavy atom. The van der Waals surface area contributed by atoms with Crippen LogP contribution in [0.25, 0.3) is 39.1 Å². The fraction of sp³-hybridized carbons (Fsp3) is 0.129. The summed E-state index contributed by atoms with van der Waals surface area (Å²) in [6, 6.07) is 22.5. The molecular formula is C31H25ClN4O3. The van der Waals surface area contributed by atoms with Crippen LogP contribution < -0.4 is 10.3 Å². The topological polar surface area (TPSA) is 74.6 Å². The van der Waals surface area contributed by atoms with Crippen LogP contribution in [0.3, 0.4) is 0 Å². The van der Waals surface area contributed by atoms with Crippen molar-refractivity contribution in [3.05, 3.63) is 111 Å². The molecule has 0 saturated heterocycles. The van der Waals surface area contributed by atoms with Gasteiger partial charge in [0, 0.05) is 27.7 Å². The van der Waals surface area contributed by atoms with Crippen LogP contribution in [-0.2, 0) is 0 Å². The Morgan fingerprint density at radius 2 is 1.77 bits per heavy atom. The number of hydrogen-bond acceptors (Lipinski definition) is 5. The number of aromatic nitrogens is 3. The Balaban J connectivity index is 1.53. The lowest BCUT2D eigenvalue weighted by Crippen LogP contribution is -2.20. The Bertz CT molecular complexity index is 1980. The van der Waals surface area contributed by atoms with E-state index in [0.29, 0.717) is 38.8 Å². The maximum Gasteiger partial charge on any atom is 0.282 e. The van der Waals surface area contributed by atoms with Gasteiger partial charge in [0.15, 0.2) is 5.76 Å². The van der Waals surface area contributed by atoms with E-state index in [-0.39, 0.29) is 5.56 Å². The van der Waals surface area contributed by atoms with Crippen molar-refractivity contribution in [2.45, 2.75) is 20.8 Å².